The number of carbonyl (C=O) groups is 1. The molecule has 1 aliphatic rings. The van der Waals surface area contributed by atoms with E-state index in [0.29, 0.717) is 12.5 Å². The zero-order chi connectivity index (χ0) is 19.3. The molecule has 1 atom stereocenters. The summed E-state index contributed by atoms with van der Waals surface area (Å²) in [5, 5.41) is 6.14. The first kappa shape index (κ1) is 18.6. The molecular weight excluding hydrogens is 346 g/mol. The van der Waals surface area contributed by atoms with Gasteiger partial charge < -0.3 is 10.1 Å². The van der Waals surface area contributed by atoms with E-state index < -0.39 is 0 Å². The van der Waals surface area contributed by atoms with Crippen LogP contribution in [0.25, 0.3) is 10.8 Å². The monoisotopic (exact) mass is 373 g/mol. The van der Waals surface area contributed by atoms with Crippen LogP contribution in [-0.2, 0) is 17.8 Å². The number of likely N-dealkylation sites (tertiary alicyclic amines) is 1. The van der Waals surface area contributed by atoms with Crippen molar-refractivity contribution >= 4 is 22.2 Å². The van der Waals surface area contributed by atoms with Crippen molar-refractivity contribution in [3.05, 3.63) is 72.1 Å². The van der Waals surface area contributed by atoms with Crippen LogP contribution < -0.4 is 5.32 Å². The van der Waals surface area contributed by atoms with Gasteiger partial charge in [-0.25, -0.2) is 0 Å². The summed E-state index contributed by atoms with van der Waals surface area (Å²) < 4.78 is 0. The van der Waals surface area contributed by atoms with Gasteiger partial charge in [0.1, 0.15) is 5.78 Å². The Morgan fingerprint density at radius 2 is 2.04 bits per heavy atom. The molecule has 28 heavy (non-hydrogen) atoms. The van der Waals surface area contributed by atoms with Crippen molar-refractivity contribution < 1.29 is 4.79 Å². The van der Waals surface area contributed by atoms with E-state index in [2.05, 4.69) is 63.7 Å². The first-order valence-corrected chi connectivity index (χ1v) is 10.1. The minimum absolute atomic E-state index is 0.253. The Hall–Kier alpha value is -2.72. The van der Waals surface area contributed by atoms with Gasteiger partial charge in [0, 0.05) is 61.0 Å². The maximum atomic E-state index is 11.2. The van der Waals surface area contributed by atoms with Crippen molar-refractivity contribution in [2.45, 2.75) is 38.8 Å². The quantitative estimate of drug-likeness (QED) is 0.665. The number of hydrogen-bond acceptors (Lipinski definition) is 4. The lowest BCUT2D eigenvalue weighted by molar-refractivity contribution is -0.116. The van der Waals surface area contributed by atoms with Gasteiger partial charge in [0.25, 0.3) is 0 Å². The topological polar surface area (TPSA) is 45.2 Å². The SMILES string of the molecule is CC(=O)CCc1cccc(CN2CC[C@@H](Nc3cccc4cnccc34)C2)c1. The Kier molecular flexibility index (Phi) is 5.68. The summed E-state index contributed by atoms with van der Waals surface area (Å²) >= 11 is 0. The molecule has 0 amide bonds. The van der Waals surface area contributed by atoms with Crippen molar-refractivity contribution in [1.29, 1.82) is 0 Å². The second kappa shape index (κ2) is 8.53. The van der Waals surface area contributed by atoms with E-state index in [1.165, 1.54) is 27.6 Å². The van der Waals surface area contributed by atoms with Crippen LogP contribution in [0.2, 0.25) is 0 Å². The Morgan fingerprint density at radius 3 is 2.93 bits per heavy atom. The fourth-order valence-corrected chi connectivity index (χ4v) is 4.02. The number of carbonyl (C=O) groups excluding carboxylic acids is 1. The molecular formula is C24H27N3O. The molecule has 2 aromatic carbocycles. The van der Waals surface area contributed by atoms with Crippen LogP contribution >= 0.6 is 0 Å². The van der Waals surface area contributed by atoms with E-state index in [-0.39, 0.29) is 5.78 Å². The maximum Gasteiger partial charge on any atom is 0.130 e. The van der Waals surface area contributed by atoms with Crippen molar-refractivity contribution in [1.82, 2.24) is 9.88 Å². The number of Topliss-reactive ketones (excluding diaryl/α,β-unsaturated/α-hetero) is 1. The molecule has 1 fully saturated rings. The molecule has 144 valence electrons. The van der Waals surface area contributed by atoms with Gasteiger partial charge in [0.05, 0.1) is 0 Å². The highest BCUT2D eigenvalue weighted by molar-refractivity contribution is 5.93. The lowest BCUT2D eigenvalue weighted by Crippen LogP contribution is -2.26. The van der Waals surface area contributed by atoms with Gasteiger partial charge in [0.15, 0.2) is 0 Å². The largest absolute Gasteiger partial charge is 0.380 e. The number of pyridine rings is 1. The number of fused-ring (bicyclic) bond motifs is 1. The molecule has 1 saturated heterocycles. The summed E-state index contributed by atoms with van der Waals surface area (Å²) in [7, 11) is 0. The van der Waals surface area contributed by atoms with Crippen LogP contribution in [0, 0.1) is 0 Å². The molecule has 0 radical (unpaired) electrons. The molecule has 0 spiro atoms. The third-order valence-electron chi connectivity index (χ3n) is 5.48. The van der Waals surface area contributed by atoms with Crippen LogP contribution in [-0.4, -0.2) is 34.8 Å². The number of rotatable bonds is 7. The summed E-state index contributed by atoms with van der Waals surface area (Å²) in [5.74, 6) is 0.253. The van der Waals surface area contributed by atoms with E-state index in [0.717, 1.165) is 32.5 Å². The van der Waals surface area contributed by atoms with E-state index in [1.54, 1.807) is 6.92 Å². The predicted octanol–water partition coefficient (Wildman–Crippen LogP) is 4.44. The van der Waals surface area contributed by atoms with Crippen molar-refractivity contribution in [2.75, 3.05) is 18.4 Å². The predicted molar refractivity (Wildman–Crippen MR) is 114 cm³/mol. The molecule has 3 aromatic rings. The second-order valence-electron chi connectivity index (χ2n) is 7.79. The molecule has 1 N–H and O–H groups in total. The van der Waals surface area contributed by atoms with Crippen molar-refractivity contribution in [3.8, 4) is 0 Å². The van der Waals surface area contributed by atoms with Gasteiger partial charge in [-0.3, -0.25) is 9.88 Å². The summed E-state index contributed by atoms with van der Waals surface area (Å²) in [6.07, 6.45) is 6.38. The molecule has 1 aliphatic heterocycles. The molecule has 2 heterocycles. The van der Waals surface area contributed by atoms with Gasteiger partial charge in [-0.2, -0.15) is 0 Å². The third kappa shape index (κ3) is 4.57. The highest BCUT2D eigenvalue weighted by atomic mass is 16.1. The zero-order valence-corrected chi connectivity index (χ0v) is 16.4. The number of anilines is 1. The second-order valence-corrected chi connectivity index (χ2v) is 7.79. The van der Waals surface area contributed by atoms with Gasteiger partial charge >= 0.3 is 0 Å². The third-order valence-corrected chi connectivity index (χ3v) is 5.48. The fourth-order valence-electron chi connectivity index (χ4n) is 4.02. The van der Waals surface area contributed by atoms with E-state index >= 15 is 0 Å². The van der Waals surface area contributed by atoms with Gasteiger partial charge in [0.2, 0.25) is 0 Å². The number of nitrogens with one attached hydrogen (secondary N) is 1. The fraction of sp³-hybridized carbons (Fsp3) is 0.333. The molecule has 0 aliphatic carbocycles. The highest BCUT2D eigenvalue weighted by Gasteiger charge is 2.22. The van der Waals surface area contributed by atoms with E-state index in [1.807, 2.05) is 12.4 Å². The molecule has 4 heteroatoms. The standard InChI is InChI=1S/C24H27N3O/c1-18(28)8-9-19-4-2-5-20(14-19)16-27-13-11-22(17-27)26-24-7-3-6-21-15-25-12-10-23(21)24/h2-7,10,12,14-15,22,26H,8-9,11,13,16-17H2,1H3/t22-/m1/s1. The van der Waals surface area contributed by atoms with Crippen molar-refractivity contribution in [3.63, 3.8) is 0 Å². The molecule has 0 bridgehead atoms. The average molecular weight is 374 g/mol. The molecule has 0 unspecified atom stereocenters. The van der Waals surface area contributed by atoms with Crippen LogP contribution in [0.3, 0.4) is 0 Å². The van der Waals surface area contributed by atoms with Crippen LogP contribution in [0.1, 0.15) is 30.9 Å². The number of nitrogens with zero attached hydrogens (tertiary/aromatic N) is 2. The van der Waals surface area contributed by atoms with Gasteiger partial charge in [-0.05, 0) is 43.0 Å². The minimum atomic E-state index is 0.253. The number of aromatic nitrogens is 1. The van der Waals surface area contributed by atoms with E-state index in [9.17, 15) is 4.79 Å². The average Bonchev–Trinajstić information content (AvgIpc) is 3.14. The Labute approximate surface area is 166 Å². The number of ketones is 1. The van der Waals surface area contributed by atoms with Gasteiger partial charge in [-0.1, -0.05) is 36.4 Å². The maximum absolute atomic E-state index is 11.2. The highest BCUT2D eigenvalue weighted by Crippen LogP contribution is 2.25. The number of hydrogen-bond donors (Lipinski definition) is 1. The first-order valence-electron chi connectivity index (χ1n) is 10.1. The number of benzene rings is 2. The van der Waals surface area contributed by atoms with Crippen LogP contribution in [0.4, 0.5) is 5.69 Å². The summed E-state index contributed by atoms with van der Waals surface area (Å²) in [5.41, 5.74) is 3.78. The minimum Gasteiger partial charge on any atom is -0.380 e. The normalized spacial score (nSPS) is 17.1. The lowest BCUT2D eigenvalue weighted by Gasteiger charge is -2.18. The lowest BCUT2D eigenvalue weighted by atomic mass is 10.0. The Morgan fingerprint density at radius 1 is 1.18 bits per heavy atom. The van der Waals surface area contributed by atoms with Crippen molar-refractivity contribution in [2.24, 2.45) is 0 Å². The first-order chi connectivity index (χ1) is 13.7. The van der Waals surface area contributed by atoms with Crippen LogP contribution in [0.15, 0.2) is 60.9 Å². The smallest absolute Gasteiger partial charge is 0.130 e. The molecule has 1 aromatic heterocycles. The summed E-state index contributed by atoms with van der Waals surface area (Å²) in [6, 6.07) is 17.6. The zero-order valence-electron chi connectivity index (χ0n) is 16.4. The van der Waals surface area contributed by atoms with E-state index in [4.69, 9.17) is 0 Å². The molecule has 4 nitrogen and oxygen atoms in total. The Bertz CT molecular complexity index is 963. The van der Waals surface area contributed by atoms with Gasteiger partial charge in [-0.15, -0.1) is 0 Å². The van der Waals surface area contributed by atoms with Crippen LogP contribution in [0.5, 0.6) is 0 Å². The molecule has 4 rings (SSSR count). The summed E-state index contributed by atoms with van der Waals surface area (Å²) in [6.45, 7) is 4.76. The molecule has 0 saturated carbocycles. The Balaban J connectivity index is 1.37. The number of aryl methyl sites for hydroxylation is 1. The summed E-state index contributed by atoms with van der Waals surface area (Å²) in [4.78, 5) is 18.0.